The van der Waals surface area contributed by atoms with E-state index in [-0.39, 0.29) is 6.04 Å². The molecule has 3 heterocycles. The summed E-state index contributed by atoms with van der Waals surface area (Å²) < 4.78 is 0. The molecule has 0 radical (unpaired) electrons. The highest BCUT2D eigenvalue weighted by molar-refractivity contribution is 7.11. The number of likely N-dealkylation sites (tertiary alicyclic amines) is 2. The third-order valence-corrected chi connectivity index (χ3v) is 10.8. The minimum Gasteiger partial charge on any atom is -0.480 e. The van der Waals surface area contributed by atoms with Gasteiger partial charge >= 0.3 is 5.97 Å². The highest BCUT2D eigenvalue weighted by atomic mass is 32.1. The van der Waals surface area contributed by atoms with E-state index in [4.69, 9.17) is 4.98 Å². The van der Waals surface area contributed by atoms with E-state index < -0.39 is 5.97 Å². The van der Waals surface area contributed by atoms with Crippen molar-refractivity contribution in [1.82, 2.24) is 14.8 Å². The molecule has 212 valence electrons. The molecule has 40 heavy (non-hydrogen) atoms. The molecule has 0 spiro atoms. The number of carboxylic acid groups (broad SMARTS) is 1. The van der Waals surface area contributed by atoms with Crippen molar-refractivity contribution >= 4 is 17.3 Å². The number of hydrogen-bond acceptors (Lipinski definition) is 5. The van der Waals surface area contributed by atoms with Gasteiger partial charge in [-0.3, -0.25) is 9.69 Å². The third-order valence-electron chi connectivity index (χ3n) is 9.66. The molecule has 1 saturated carbocycles. The van der Waals surface area contributed by atoms with Crippen LogP contribution in [-0.4, -0.2) is 64.6 Å². The first-order valence-corrected chi connectivity index (χ1v) is 16.2. The second kappa shape index (κ2) is 13.0. The molecule has 3 aliphatic rings. The van der Waals surface area contributed by atoms with Gasteiger partial charge in [0.15, 0.2) is 0 Å². The van der Waals surface area contributed by atoms with Crippen LogP contribution in [0.3, 0.4) is 0 Å². The van der Waals surface area contributed by atoms with Gasteiger partial charge in [-0.25, -0.2) is 4.98 Å². The molecule has 0 bridgehead atoms. The first-order chi connectivity index (χ1) is 19.6. The van der Waals surface area contributed by atoms with Gasteiger partial charge in [-0.2, -0.15) is 0 Å². The molecule has 6 rings (SSSR count). The predicted octanol–water partition coefficient (Wildman–Crippen LogP) is 6.66. The van der Waals surface area contributed by atoms with E-state index in [1.165, 1.54) is 40.3 Å². The summed E-state index contributed by atoms with van der Waals surface area (Å²) in [7, 11) is 0. The summed E-state index contributed by atoms with van der Waals surface area (Å²) in [4.78, 5) is 23.7. The minimum atomic E-state index is -0.616. The number of thiazole rings is 1. The van der Waals surface area contributed by atoms with Gasteiger partial charge < -0.3 is 10.0 Å². The third kappa shape index (κ3) is 6.50. The molecule has 5 nitrogen and oxygen atoms in total. The number of carbonyl (C=O) groups is 1. The van der Waals surface area contributed by atoms with Crippen molar-refractivity contribution in [3.05, 3.63) is 87.9 Å². The van der Waals surface area contributed by atoms with Crippen molar-refractivity contribution < 1.29 is 9.90 Å². The van der Waals surface area contributed by atoms with E-state index in [2.05, 4.69) is 76.7 Å². The van der Waals surface area contributed by atoms with Crippen molar-refractivity contribution in [2.75, 3.05) is 32.7 Å². The number of carboxylic acids is 1. The van der Waals surface area contributed by atoms with Gasteiger partial charge in [0.1, 0.15) is 6.04 Å². The largest absolute Gasteiger partial charge is 0.480 e. The molecule has 2 aromatic carbocycles. The summed E-state index contributed by atoms with van der Waals surface area (Å²) in [6.07, 6.45) is 11.1. The highest BCUT2D eigenvalue weighted by Crippen LogP contribution is 2.39. The van der Waals surface area contributed by atoms with Crippen LogP contribution in [0.1, 0.15) is 77.8 Å². The number of nitrogens with zero attached hydrogens (tertiary/aromatic N) is 3. The van der Waals surface area contributed by atoms with Crippen molar-refractivity contribution in [2.45, 2.75) is 69.2 Å². The highest BCUT2D eigenvalue weighted by Gasteiger charge is 2.43. The Morgan fingerprint density at radius 3 is 2.33 bits per heavy atom. The zero-order valence-electron chi connectivity index (χ0n) is 23.5. The maximum Gasteiger partial charge on any atom is 0.321 e. The van der Waals surface area contributed by atoms with Crippen LogP contribution in [0, 0.1) is 11.8 Å². The molecular formula is C34H43N3O2S. The van der Waals surface area contributed by atoms with E-state index in [9.17, 15) is 9.90 Å². The summed E-state index contributed by atoms with van der Waals surface area (Å²) in [6.45, 7) is 5.00. The Kier molecular flexibility index (Phi) is 8.95. The lowest BCUT2D eigenvalue weighted by atomic mass is 9.83. The number of aromatic nitrogens is 1. The number of benzene rings is 2. The zero-order valence-corrected chi connectivity index (χ0v) is 24.4. The van der Waals surface area contributed by atoms with Crippen molar-refractivity contribution in [1.29, 1.82) is 0 Å². The van der Waals surface area contributed by atoms with Crippen molar-refractivity contribution in [2.24, 2.45) is 11.8 Å². The van der Waals surface area contributed by atoms with Crippen LogP contribution in [0.25, 0.3) is 0 Å². The van der Waals surface area contributed by atoms with E-state index >= 15 is 0 Å². The second-order valence-electron chi connectivity index (χ2n) is 12.3. The lowest BCUT2D eigenvalue weighted by Gasteiger charge is -2.35. The first-order valence-electron chi connectivity index (χ1n) is 15.4. The normalized spacial score (nSPS) is 24.3. The molecule has 2 aliphatic heterocycles. The number of hydrogen-bond donors (Lipinski definition) is 1. The van der Waals surface area contributed by atoms with E-state index in [1.54, 1.807) is 0 Å². The maximum atomic E-state index is 12.5. The summed E-state index contributed by atoms with van der Waals surface area (Å²) in [5.74, 6) is 1.08. The Balaban J connectivity index is 1.09. The van der Waals surface area contributed by atoms with Gasteiger partial charge in [0.2, 0.25) is 0 Å². The maximum absolute atomic E-state index is 12.5. The van der Waals surface area contributed by atoms with Crippen LogP contribution in [0.4, 0.5) is 0 Å². The molecule has 3 atom stereocenters. The van der Waals surface area contributed by atoms with Gasteiger partial charge in [0.25, 0.3) is 0 Å². The van der Waals surface area contributed by atoms with Crippen LogP contribution in [0.5, 0.6) is 0 Å². The first kappa shape index (κ1) is 27.6. The molecule has 0 unspecified atom stereocenters. The van der Waals surface area contributed by atoms with Crippen LogP contribution >= 0.6 is 11.3 Å². The van der Waals surface area contributed by atoms with Crippen LogP contribution in [0.2, 0.25) is 0 Å². The number of aliphatic carboxylic acids is 1. The van der Waals surface area contributed by atoms with E-state index in [1.807, 2.05) is 11.3 Å². The smallest absolute Gasteiger partial charge is 0.321 e. The zero-order chi connectivity index (χ0) is 27.3. The Hall–Kier alpha value is -2.54. The predicted molar refractivity (Wildman–Crippen MR) is 162 cm³/mol. The number of rotatable bonds is 9. The van der Waals surface area contributed by atoms with Crippen molar-refractivity contribution in [3.63, 3.8) is 0 Å². The Morgan fingerprint density at radius 2 is 1.62 bits per heavy atom. The van der Waals surface area contributed by atoms with Crippen LogP contribution in [-0.2, 0) is 11.2 Å². The van der Waals surface area contributed by atoms with E-state index in [0.29, 0.717) is 23.7 Å². The average Bonchev–Trinajstić information content (AvgIpc) is 3.62. The molecule has 2 saturated heterocycles. The standard InChI is InChI=1S/C34H43N3O2S/c38-34(39)32(27-14-8-3-9-15-27)37-23-29(31(24-37)26-12-6-2-7-13-26)22-36-18-16-28(17-19-36)33-35-21-30(40-33)20-25-10-4-1-5-11-25/h1-2,4-7,10-13,21,27-29,31-32H,3,8-9,14-20,22-24H2,(H,38,39)/t29-,31+,32+/m0/s1. The number of piperidine rings is 1. The fourth-order valence-electron chi connectivity index (χ4n) is 7.58. The summed E-state index contributed by atoms with van der Waals surface area (Å²) >= 11 is 1.89. The van der Waals surface area contributed by atoms with Crippen LogP contribution in [0.15, 0.2) is 66.9 Å². The van der Waals surface area contributed by atoms with Gasteiger partial charge in [-0.1, -0.05) is 79.9 Å². The Labute approximate surface area is 243 Å². The minimum absolute atomic E-state index is 0.294. The van der Waals surface area contributed by atoms with Gasteiger partial charge in [-0.05, 0) is 61.7 Å². The van der Waals surface area contributed by atoms with Gasteiger partial charge in [0, 0.05) is 49.0 Å². The molecule has 3 aromatic rings. The topological polar surface area (TPSA) is 56.7 Å². The van der Waals surface area contributed by atoms with Gasteiger partial charge in [0.05, 0.1) is 5.01 Å². The molecule has 3 fully saturated rings. The van der Waals surface area contributed by atoms with Crippen molar-refractivity contribution in [3.8, 4) is 0 Å². The van der Waals surface area contributed by atoms with E-state index in [0.717, 1.165) is 64.8 Å². The summed E-state index contributed by atoms with van der Waals surface area (Å²) in [5, 5.41) is 11.6. The fraction of sp³-hybridized carbons (Fsp3) is 0.529. The SMILES string of the molecule is O=C(O)[C@@H](C1CCCCC1)N1C[C@H](CN2CCC(c3ncc(Cc4ccccc4)s3)CC2)[C@@H](c2ccccc2)C1. The molecule has 1 aliphatic carbocycles. The summed E-state index contributed by atoms with van der Waals surface area (Å²) in [5.41, 5.74) is 2.71. The van der Waals surface area contributed by atoms with Crippen LogP contribution < -0.4 is 0 Å². The average molecular weight is 558 g/mol. The van der Waals surface area contributed by atoms with Gasteiger partial charge in [-0.15, -0.1) is 11.3 Å². The fourth-order valence-corrected chi connectivity index (χ4v) is 8.71. The molecule has 0 amide bonds. The monoisotopic (exact) mass is 557 g/mol. The molecule has 6 heteroatoms. The molecular weight excluding hydrogens is 514 g/mol. The molecule has 1 N–H and O–H groups in total. The lowest BCUT2D eigenvalue weighted by Crippen LogP contribution is -2.46. The molecule has 1 aromatic heterocycles. The second-order valence-corrected chi connectivity index (χ2v) is 13.5. The summed E-state index contributed by atoms with van der Waals surface area (Å²) in [6, 6.07) is 21.2. The Bertz CT molecular complexity index is 1220. The lowest BCUT2D eigenvalue weighted by molar-refractivity contribution is -0.145. The Morgan fingerprint density at radius 1 is 0.925 bits per heavy atom. The quantitative estimate of drug-likeness (QED) is 0.319.